The van der Waals surface area contributed by atoms with Gasteiger partial charge in [0.2, 0.25) is 0 Å². The maximum absolute atomic E-state index is 12.2. The highest BCUT2D eigenvalue weighted by Crippen LogP contribution is 2.36. The molecule has 0 bridgehead atoms. The molecule has 0 aromatic heterocycles. The van der Waals surface area contributed by atoms with Crippen molar-refractivity contribution in [3.8, 4) is 5.75 Å². The molecule has 0 aliphatic carbocycles. The molecule has 2 amide bonds. The van der Waals surface area contributed by atoms with Crippen LogP contribution in [-0.2, 0) is 9.53 Å². The fourth-order valence-electron chi connectivity index (χ4n) is 1.71. The zero-order chi connectivity index (χ0) is 15.6. The number of carbonyl (C=O) groups excluding carboxylic acids is 2. The lowest BCUT2D eigenvalue weighted by molar-refractivity contribution is -0.123. The van der Waals surface area contributed by atoms with Gasteiger partial charge in [-0.15, -0.1) is 0 Å². The van der Waals surface area contributed by atoms with Crippen LogP contribution in [0.1, 0.15) is 5.56 Å². The average molecular weight is 484 g/mol. The quantitative estimate of drug-likeness (QED) is 0.525. The Hall–Kier alpha value is -0.580. The molecule has 1 fully saturated rings. The van der Waals surface area contributed by atoms with Crippen LogP contribution in [0.4, 0.5) is 4.79 Å². The molecular formula is C13H11BrINO4S. The van der Waals surface area contributed by atoms with Gasteiger partial charge in [0.1, 0.15) is 5.75 Å². The zero-order valence-corrected chi connectivity index (χ0v) is 15.5. The minimum atomic E-state index is -0.364. The zero-order valence-electron chi connectivity index (χ0n) is 10.9. The van der Waals surface area contributed by atoms with E-state index in [9.17, 15) is 14.7 Å². The van der Waals surface area contributed by atoms with Crippen LogP contribution in [-0.4, -0.2) is 41.4 Å². The predicted octanol–water partition coefficient (Wildman–Crippen LogP) is 3.44. The molecule has 0 unspecified atom stereocenters. The number of hydrogen-bond donors (Lipinski definition) is 1. The van der Waals surface area contributed by atoms with Crippen molar-refractivity contribution < 1.29 is 19.4 Å². The fraction of sp³-hybridized carbons (Fsp3) is 0.231. The Morgan fingerprint density at radius 2 is 2.19 bits per heavy atom. The highest BCUT2D eigenvalue weighted by molar-refractivity contribution is 14.1. The number of phenols is 1. The number of thioether (sulfide) groups is 1. The van der Waals surface area contributed by atoms with Crippen LogP contribution < -0.4 is 0 Å². The number of imide groups is 1. The molecular weight excluding hydrogens is 473 g/mol. The Morgan fingerprint density at radius 1 is 1.48 bits per heavy atom. The molecule has 1 aromatic carbocycles. The lowest BCUT2D eigenvalue weighted by atomic mass is 10.2. The van der Waals surface area contributed by atoms with Crippen LogP contribution in [0.2, 0.25) is 0 Å². The topological polar surface area (TPSA) is 66.8 Å². The van der Waals surface area contributed by atoms with Crippen molar-refractivity contribution in [3.05, 3.63) is 30.6 Å². The van der Waals surface area contributed by atoms with E-state index in [1.165, 1.54) is 13.2 Å². The molecule has 0 saturated carbocycles. The number of amides is 2. The van der Waals surface area contributed by atoms with Crippen LogP contribution in [0.3, 0.4) is 0 Å². The van der Waals surface area contributed by atoms with Crippen LogP contribution in [0, 0.1) is 3.57 Å². The monoisotopic (exact) mass is 483 g/mol. The number of ether oxygens (including phenoxy) is 1. The molecule has 1 aliphatic rings. The van der Waals surface area contributed by atoms with Gasteiger partial charge in [-0.1, -0.05) is 15.9 Å². The number of phenolic OH excluding ortho intramolecular Hbond substituents is 1. The van der Waals surface area contributed by atoms with Gasteiger partial charge >= 0.3 is 0 Å². The molecule has 1 aromatic rings. The first-order chi connectivity index (χ1) is 9.93. The standard InChI is InChI=1S/C13H11BrINO4S/c1-20-3-2-16-12(18)10(21-13(16)19)5-7-4-8(14)6-9(15)11(7)17/h4-6,17H,2-3H2,1H3/b10-5-. The smallest absolute Gasteiger partial charge is 0.293 e. The van der Waals surface area contributed by atoms with E-state index in [4.69, 9.17) is 4.74 Å². The second-order valence-electron chi connectivity index (χ2n) is 4.15. The number of benzene rings is 1. The van der Waals surface area contributed by atoms with Crippen molar-refractivity contribution in [2.24, 2.45) is 0 Å². The highest BCUT2D eigenvalue weighted by Gasteiger charge is 2.34. The third-order valence-corrected chi connectivity index (χ3v) is 4.92. The molecule has 0 spiro atoms. The van der Waals surface area contributed by atoms with Gasteiger partial charge in [0, 0.05) is 17.1 Å². The number of nitrogens with zero attached hydrogens (tertiary/aromatic N) is 1. The summed E-state index contributed by atoms with van der Waals surface area (Å²) < 4.78 is 6.33. The third kappa shape index (κ3) is 3.79. The van der Waals surface area contributed by atoms with Crippen LogP contribution in [0.15, 0.2) is 21.5 Å². The molecule has 1 N–H and O–H groups in total. The van der Waals surface area contributed by atoms with E-state index in [0.29, 0.717) is 20.6 Å². The normalized spacial score (nSPS) is 17.1. The Labute approximate surface area is 148 Å². The van der Waals surface area contributed by atoms with Gasteiger partial charge < -0.3 is 9.84 Å². The van der Waals surface area contributed by atoms with E-state index in [0.717, 1.165) is 21.1 Å². The Kier molecular flexibility index (Phi) is 5.69. The Balaban J connectivity index is 2.31. The fourth-order valence-corrected chi connectivity index (χ4v) is 4.12. The Morgan fingerprint density at radius 3 is 2.86 bits per heavy atom. The van der Waals surface area contributed by atoms with Gasteiger partial charge in [0.05, 0.1) is 21.6 Å². The van der Waals surface area contributed by atoms with Crippen molar-refractivity contribution >= 4 is 67.5 Å². The molecule has 0 atom stereocenters. The molecule has 1 aliphatic heterocycles. The van der Waals surface area contributed by atoms with Gasteiger partial charge in [0.15, 0.2) is 0 Å². The first-order valence-corrected chi connectivity index (χ1v) is 8.55. The van der Waals surface area contributed by atoms with Gasteiger partial charge in [-0.3, -0.25) is 14.5 Å². The summed E-state index contributed by atoms with van der Waals surface area (Å²) in [6, 6.07) is 3.46. The van der Waals surface area contributed by atoms with Crippen molar-refractivity contribution in [1.82, 2.24) is 4.90 Å². The second-order valence-corrected chi connectivity index (χ2v) is 7.22. The van der Waals surface area contributed by atoms with Gasteiger partial charge in [0.25, 0.3) is 11.1 Å². The number of methoxy groups -OCH3 is 1. The summed E-state index contributed by atoms with van der Waals surface area (Å²) in [4.78, 5) is 25.4. The predicted molar refractivity (Wildman–Crippen MR) is 93.1 cm³/mol. The van der Waals surface area contributed by atoms with Crippen molar-refractivity contribution in [2.45, 2.75) is 0 Å². The van der Waals surface area contributed by atoms with Crippen molar-refractivity contribution in [1.29, 1.82) is 0 Å². The largest absolute Gasteiger partial charge is 0.506 e. The highest BCUT2D eigenvalue weighted by atomic mass is 127. The Bertz CT molecular complexity index is 635. The van der Waals surface area contributed by atoms with Gasteiger partial charge in [-0.25, -0.2) is 0 Å². The van der Waals surface area contributed by atoms with Gasteiger partial charge in [-0.05, 0) is 52.6 Å². The minimum absolute atomic E-state index is 0.0856. The molecule has 1 saturated heterocycles. The molecule has 1 heterocycles. The summed E-state index contributed by atoms with van der Waals surface area (Å²) in [5.41, 5.74) is 0.492. The number of hydrogen-bond acceptors (Lipinski definition) is 5. The molecule has 5 nitrogen and oxygen atoms in total. The van der Waals surface area contributed by atoms with Crippen LogP contribution in [0.5, 0.6) is 5.75 Å². The summed E-state index contributed by atoms with van der Waals surface area (Å²) in [7, 11) is 1.51. The SMILES string of the molecule is COCCN1C(=O)S/C(=C\c2cc(Br)cc(I)c2O)C1=O. The molecule has 8 heteroatoms. The van der Waals surface area contributed by atoms with Crippen LogP contribution >= 0.6 is 50.3 Å². The van der Waals surface area contributed by atoms with E-state index >= 15 is 0 Å². The summed E-state index contributed by atoms with van der Waals surface area (Å²) in [5.74, 6) is -0.279. The van der Waals surface area contributed by atoms with E-state index in [-0.39, 0.29) is 23.4 Å². The second kappa shape index (κ2) is 7.12. The minimum Gasteiger partial charge on any atom is -0.506 e. The lowest BCUT2D eigenvalue weighted by Crippen LogP contribution is -2.31. The molecule has 21 heavy (non-hydrogen) atoms. The summed E-state index contributed by atoms with van der Waals surface area (Å²) in [6.07, 6.45) is 1.53. The molecule has 112 valence electrons. The summed E-state index contributed by atoms with van der Waals surface area (Å²) in [6.45, 7) is 0.520. The summed E-state index contributed by atoms with van der Waals surface area (Å²) >= 11 is 6.20. The number of aromatic hydroxyl groups is 1. The van der Waals surface area contributed by atoms with E-state index in [1.807, 2.05) is 22.6 Å². The number of rotatable bonds is 4. The first-order valence-electron chi connectivity index (χ1n) is 5.86. The maximum atomic E-state index is 12.2. The van der Waals surface area contributed by atoms with Gasteiger partial charge in [-0.2, -0.15) is 0 Å². The molecule has 0 radical (unpaired) electrons. The van der Waals surface area contributed by atoms with Crippen molar-refractivity contribution in [3.63, 3.8) is 0 Å². The first kappa shape index (κ1) is 16.8. The van der Waals surface area contributed by atoms with Crippen LogP contribution in [0.25, 0.3) is 6.08 Å². The van der Waals surface area contributed by atoms with Crippen molar-refractivity contribution in [2.75, 3.05) is 20.3 Å². The third-order valence-electron chi connectivity index (χ3n) is 2.74. The number of carbonyl (C=O) groups is 2. The molecule has 2 rings (SSSR count). The van der Waals surface area contributed by atoms with E-state index in [1.54, 1.807) is 12.1 Å². The van der Waals surface area contributed by atoms with E-state index in [2.05, 4.69) is 15.9 Å². The van der Waals surface area contributed by atoms with E-state index < -0.39 is 0 Å². The lowest BCUT2D eigenvalue weighted by Gasteiger charge is -2.10. The number of halogens is 2. The summed E-state index contributed by atoms with van der Waals surface area (Å²) in [5, 5.41) is 9.70. The average Bonchev–Trinajstić information content (AvgIpc) is 2.68. The maximum Gasteiger partial charge on any atom is 0.293 e.